The van der Waals surface area contributed by atoms with Crippen LogP contribution in [0.3, 0.4) is 0 Å². The van der Waals surface area contributed by atoms with Crippen LogP contribution in [0.5, 0.6) is 0 Å². The van der Waals surface area contributed by atoms with Gasteiger partial charge in [0, 0.05) is 32.0 Å². The molecule has 0 aliphatic carbocycles. The van der Waals surface area contributed by atoms with Crippen molar-refractivity contribution in [2.75, 3.05) is 41.8 Å². The Kier molecular flexibility index (Phi) is 3.71. The molecule has 1 aromatic rings. The van der Waals surface area contributed by atoms with Gasteiger partial charge in [0.05, 0.1) is 17.5 Å². The van der Waals surface area contributed by atoms with Crippen molar-refractivity contribution in [2.24, 2.45) is 0 Å². The number of likely N-dealkylation sites (N-methyl/N-ethyl adjacent to an activating group) is 1. The first kappa shape index (κ1) is 11.7. The van der Waals surface area contributed by atoms with Crippen LogP contribution in [0, 0.1) is 0 Å². The summed E-state index contributed by atoms with van der Waals surface area (Å²) in [7, 11) is 2.11. The molecule has 0 amide bonds. The maximum atomic E-state index is 9.70. The van der Waals surface area contributed by atoms with E-state index in [2.05, 4.69) is 51.0 Å². The molecule has 88 valence electrons. The van der Waals surface area contributed by atoms with Gasteiger partial charge >= 0.3 is 0 Å². The Hall–Kier alpha value is -0.740. The molecule has 0 aromatic heterocycles. The fourth-order valence-electron chi connectivity index (χ4n) is 2.06. The third-order valence-corrected chi connectivity index (χ3v) is 3.70. The lowest BCUT2D eigenvalue weighted by molar-refractivity contribution is 0.205. The number of para-hydroxylation sites is 2. The summed E-state index contributed by atoms with van der Waals surface area (Å²) in [6, 6.07) is 8.35. The summed E-state index contributed by atoms with van der Waals surface area (Å²) in [5.41, 5.74) is 2.46. The van der Waals surface area contributed by atoms with Crippen molar-refractivity contribution in [2.45, 2.75) is 6.10 Å². The van der Waals surface area contributed by atoms with E-state index in [9.17, 15) is 5.11 Å². The van der Waals surface area contributed by atoms with Crippen LogP contribution in [0.15, 0.2) is 24.3 Å². The van der Waals surface area contributed by atoms with Crippen LogP contribution in [-0.2, 0) is 0 Å². The van der Waals surface area contributed by atoms with Crippen molar-refractivity contribution >= 4 is 27.3 Å². The van der Waals surface area contributed by atoms with Gasteiger partial charge in [-0.15, -0.1) is 0 Å². The first-order valence-corrected chi connectivity index (χ1v) is 6.63. The number of anilines is 2. The van der Waals surface area contributed by atoms with E-state index < -0.39 is 0 Å². The maximum absolute atomic E-state index is 9.70. The SMILES string of the molecule is CN1CCN(CC(O)CBr)c2ccccc21. The molecule has 4 heteroatoms. The van der Waals surface area contributed by atoms with Crippen molar-refractivity contribution in [3.05, 3.63) is 24.3 Å². The molecule has 1 aliphatic heterocycles. The first-order valence-electron chi connectivity index (χ1n) is 5.51. The third-order valence-electron chi connectivity index (χ3n) is 2.95. The quantitative estimate of drug-likeness (QED) is 0.856. The second-order valence-electron chi connectivity index (χ2n) is 4.16. The number of hydrogen-bond acceptors (Lipinski definition) is 3. The van der Waals surface area contributed by atoms with E-state index in [4.69, 9.17) is 0 Å². The lowest BCUT2D eigenvalue weighted by Crippen LogP contribution is -2.43. The Bertz CT molecular complexity index is 359. The zero-order valence-electron chi connectivity index (χ0n) is 9.43. The standard InChI is InChI=1S/C12H17BrN2O/c1-14-6-7-15(9-10(16)8-13)12-5-3-2-4-11(12)14/h2-5,10,16H,6-9H2,1H3. The number of alkyl halides is 1. The summed E-state index contributed by atoms with van der Waals surface area (Å²) in [6.45, 7) is 2.67. The van der Waals surface area contributed by atoms with Gasteiger partial charge < -0.3 is 14.9 Å². The Morgan fingerprint density at radius 1 is 1.31 bits per heavy atom. The van der Waals surface area contributed by atoms with E-state index >= 15 is 0 Å². The predicted octanol–water partition coefficient (Wildman–Crippen LogP) is 1.70. The third kappa shape index (κ3) is 2.33. The largest absolute Gasteiger partial charge is 0.390 e. The van der Waals surface area contributed by atoms with Crippen LogP contribution in [0.25, 0.3) is 0 Å². The van der Waals surface area contributed by atoms with E-state index in [0.717, 1.165) is 13.1 Å². The molecule has 1 unspecified atom stereocenters. The van der Waals surface area contributed by atoms with Gasteiger partial charge in [-0.1, -0.05) is 28.1 Å². The van der Waals surface area contributed by atoms with Crippen molar-refractivity contribution in [3.63, 3.8) is 0 Å². The van der Waals surface area contributed by atoms with E-state index in [0.29, 0.717) is 11.9 Å². The van der Waals surface area contributed by atoms with Crippen molar-refractivity contribution in [1.29, 1.82) is 0 Å². The van der Waals surface area contributed by atoms with Gasteiger partial charge in [0.15, 0.2) is 0 Å². The monoisotopic (exact) mass is 284 g/mol. The molecule has 0 saturated heterocycles. The lowest BCUT2D eigenvalue weighted by Gasteiger charge is -2.37. The molecule has 1 aromatic carbocycles. The van der Waals surface area contributed by atoms with Gasteiger partial charge in [0.25, 0.3) is 0 Å². The molecular weight excluding hydrogens is 268 g/mol. The average Bonchev–Trinajstić information content (AvgIpc) is 2.33. The highest BCUT2D eigenvalue weighted by Crippen LogP contribution is 2.31. The molecule has 0 bridgehead atoms. The molecule has 2 rings (SSSR count). The van der Waals surface area contributed by atoms with Crippen LogP contribution in [0.2, 0.25) is 0 Å². The fourth-order valence-corrected chi connectivity index (χ4v) is 2.26. The van der Waals surface area contributed by atoms with Gasteiger partial charge in [0.1, 0.15) is 0 Å². The zero-order valence-corrected chi connectivity index (χ0v) is 11.0. The maximum Gasteiger partial charge on any atom is 0.0811 e. The predicted molar refractivity (Wildman–Crippen MR) is 71.7 cm³/mol. The zero-order chi connectivity index (χ0) is 11.5. The Balaban J connectivity index is 2.21. The second-order valence-corrected chi connectivity index (χ2v) is 4.81. The highest BCUT2D eigenvalue weighted by Gasteiger charge is 2.21. The van der Waals surface area contributed by atoms with Gasteiger partial charge in [-0.3, -0.25) is 0 Å². The number of aliphatic hydroxyl groups excluding tert-OH is 1. The van der Waals surface area contributed by atoms with Crippen LogP contribution < -0.4 is 9.80 Å². The molecule has 0 radical (unpaired) electrons. The van der Waals surface area contributed by atoms with Gasteiger partial charge in [-0.2, -0.15) is 0 Å². The van der Waals surface area contributed by atoms with Crippen LogP contribution in [0.1, 0.15) is 0 Å². The van der Waals surface area contributed by atoms with Crippen LogP contribution in [-0.4, -0.2) is 43.2 Å². The minimum Gasteiger partial charge on any atom is -0.390 e. The lowest BCUT2D eigenvalue weighted by atomic mass is 10.1. The summed E-state index contributed by atoms with van der Waals surface area (Å²) in [6.07, 6.45) is -0.309. The Labute approximate surface area is 105 Å². The first-order chi connectivity index (χ1) is 7.72. The second kappa shape index (κ2) is 5.06. The van der Waals surface area contributed by atoms with E-state index in [1.54, 1.807) is 0 Å². The number of fused-ring (bicyclic) bond motifs is 1. The van der Waals surface area contributed by atoms with Crippen LogP contribution >= 0.6 is 15.9 Å². The summed E-state index contributed by atoms with van der Waals surface area (Å²) in [4.78, 5) is 4.51. The molecule has 1 N–H and O–H groups in total. The normalized spacial score (nSPS) is 17.2. The molecule has 3 nitrogen and oxygen atoms in total. The van der Waals surface area contributed by atoms with E-state index in [1.807, 2.05) is 6.07 Å². The van der Waals surface area contributed by atoms with Crippen molar-refractivity contribution in [1.82, 2.24) is 0 Å². The summed E-state index contributed by atoms with van der Waals surface area (Å²) >= 11 is 3.31. The molecule has 0 fully saturated rings. The van der Waals surface area contributed by atoms with E-state index in [-0.39, 0.29) is 6.10 Å². The van der Waals surface area contributed by atoms with Crippen molar-refractivity contribution in [3.8, 4) is 0 Å². The smallest absolute Gasteiger partial charge is 0.0811 e. The molecule has 1 aliphatic rings. The molecule has 0 saturated carbocycles. The number of rotatable bonds is 3. The average molecular weight is 285 g/mol. The molecule has 1 heterocycles. The number of nitrogens with zero attached hydrogens (tertiary/aromatic N) is 2. The van der Waals surface area contributed by atoms with Gasteiger partial charge in [-0.05, 0) is 12.1 Å². The Morgan fingerprint density at radius 3 is 2.69 bits per heavy atom. The summed E-state index contributed by atoms with van der Waals surface area (Å²) in [5.74, 6) is 0. The minimum atomic E-state index is -0.309. The highest BCUT2D eigenvalue weighted by atomic mass is 79.9. The number of aliphatic hydroxyl groups is 1. The molecule has 16 heavy (non-hydrogen) atoms. The summed E-state index contributed by atoms with van der Waals surface area (Å²) < 4.78 is 0. The minimum absolute atomic E-state index is 0.309. The number of hydrogen-bond donors (Lipinski definition) is 1. The van der Waals surface area contributed by atoms with Crippen LogP contribution in [0.4, 0.5) is 11.4 Å². The summed E-state index contributed by atoms with van der Waals surface area (Å²) in [5, 5.41) is 10.3. The van der Waals surface area contributed by atoms with Crippen molar-refractivity contribution < 1.29 is 5.11 Å². The topological polar surface area (TPSA) is 26.7 Å². The molecular formula is C12H17BrN2O. The molecule has 1 atom stereocenters. The number of halogens is 1. The number of benzene rings is 1. The Morgan fingerprint density at radius 2 is 2.00 bits per heavy atom. The fraction of sp³-hybridized carbons (Fsp3) is 0.500. The molecule has 0 spiro atoms. The van der Waals surface area contributed by atoms with Gasteiger partial charge in [-0.25, -0.2) is 0 Å². The number of β-amino-alcohol motifs (C(OH)–C–C–N with tert-alkyl or cyclic N) is 1. The van der Waals surface area contributed by atoms with E-state index in [1.165, 1.54) is 11.4 Å². The van der Waals surface area contributed by atoms with Gasteiger partial charge in [0.2, 0.25) is 0 Å². The highest BCUT2D eigenvalue weighted by molar-refractivity contribution is 9.09.